The van der Waals surface area contributed by atoms with Crippen molar-refractivity contribution in [3.63, 3.8) is 0 Å². The van der Waals surface area contributed by atoms with Crippen LogP contribution >= 0.6 is 27.5 Å². The largest absolute Gasteiger partial charge is 0.378 e. The minimum atomic E-state index is -0.0220. The number of fused-ring (bicyclic) bond motifs is 1. The van der Waals surface area contributed by atoms with Crippen molar-refractivity contribution in [2.24, 2.45) is 0 Å². The standard InChI is InChI=1S/C18H25BrClN5O2/c19-7-3-1-5-13-21-15-16(24-8-11-26-12-9-24)22-18(20)23-17(15)25(13)14-6-2-4-10-27-14/h14H,1-12H2. The predicted molar refractivity (Wildman–Crippen MR) is 109 cm³/mol. The SMILES string of the molecule is Clc1nc(N2CCOCC2)c2nc(CCCCBr)n(C3CCCCO3)c2n1. The first kappa shape index (κ1) is 19.4. The Bertz CT molecular complexity index is 775. The van der Waals surface area contributed by atoms with Crippen LogP contribution in [0.25, 0.3) is 11.2 Å². The Labute approximate surface area is 172 Å². The zero-order valence-corrected chi connectivity index (χ0v) is 17.7. The van der Waals surface area contributed by atoms with Gasteiger partial charge in [-0.2, -0.15) is 9.97 Å². The molecule has 0 amide bonds. The van der Waals surface area contributed by atoms with Crippen LogP contribution in [0.3, 0.4) is 0 Å². The van der Waals surface area contributed by atoms with E-state index in [4.69, 9.17) is 26.1 Å². The van der Waals surface area contributed by atoms with Gasteiger partial charge in [-0.3, -0.25) is 4.57 Å². The fraction of sp³-hybridized carbons (Fsp3) is 0.722. The first-order valence-electron chi connectivity index (χ1n) is 9.72. The lowest BCUT2D eigenvalue weighted by Gasteiger charge is -2.28. The third-order valence-corrected chi connectivity index (χ3v) is 5.84. The molecule has 4 rings (SSSR count). The summed E-state index contributed by atoms with van der Waals surface area (Å²) in [6.45, 7) is 3.73. The highest BCUT2D eigenvalue weighted by molar-refractivity contribution is 9.09. The molecule has 2 aliphatic rings. The molecule has 0 aliphatic carbocycles. The maximum absolute atomic E-state index is 6.32. The predicted octanol–water partition coefficient (Wildman–Crippen LogP) is 3.73. The van der Waals surface area contributed by atoms with Crippen molar-refractivity contribution >= 4 is 44.5 Å². The van der Waals surface area contributed by atoms with E-state index in [1.807, 2.05) is 0 Å². The van der Waals surface area contributed by atoms with Crippen LogP contribution in [0.2, 0.25) is 5.28 Å². The van der Waals surface area contributed by atoms with Gasteiger partial charge in [-0.1, -0.05) is 15.9 Å². The Morgan fingerprint density at radius 1 is 1.07 bits per heavy atom. The molecule has 27 heavy (non-hydrogen) atoms. The molecule has 4 heterocycles. The van der Waals surface area contributed by atoms with Crippen molar-refractivity contribution < 1.29 is 9.47 Å². The number of morpholine rings is 1. The number of aromatic nitrogens is 4. The summed E-state index contributed by atoms with van der Waals surface area (Å²) < 4.78 is 13.7. The molecule has 0 N–H and O–H groups in total. The molecule has 0 aromatic carbocycles. The van der Waals surface area contributed by atoms with Gasteiger partial charge in [-0.15, -0.1) is 0 Å². The number of alkyl halides is 1. The fourth-order valence-electron chi connectivity index (χ4n) is 3.76. The van der Waals surface area contributed by atoms with Gasteiger partial charge in [0.25, 0.3) is 0 Å². The minimum Gasteiger partial charge on any atom is -0.378 e. The average Bonchev–Trinajstić information content (AvgIpc) is 3.07. The smallest absolute Gasteiger partial charge is 0.226 e. The van der Waals surface area contributed by atoms with Crippen LogP contribution in [0.5, 0.6) is 0 Å². The number of anilines is 1. The molecule has 0 spiro atoms. The number of ether oxygens (including phenoxy) is 2. The molecule has 1 atom stereocenters. The zero-order valence-electron chi connectivity index (χ0n) is 15.4. The Balaban J connectivity index is 1.78. The number of aryl methyl sites for hydroxylation is 1. The number of hydrogen-bond donors (Lipinski definition) is 0. The number of imidazole rings is 1. The van der Waals surface area contributed by atoms with E-state index in [-0.39, 0.29) is 11.5 Å². The average molecular weight is 459 g/mol. The Kier molecular flexibility index (Phi) is 6.47. The van der Waals surface area contributed by atoms with Crippen LogP contribution in [-0.4, -0.2) is 57.8 Å². The lowest BCUT2D eigenvalue weighted by atomic mass is 10.2. The third kappa shape index (κ3) is 4.23. The van der Waals surface area contributed by atoms with Crippen LogP contribution in [-0.2, 0) is 15.9 Å². The van der Waals surface area contributed by atoms with Crippen LogP contribution < -0.4 is 4.90 Å². The summed E-state index contributed by atoms with van der Waals surface area (Å²) in [5.74, 6) is 1.83. The molecule has 2 saturated heterocycles. The van der Waals surface area contributed by atoms with E-state index in [9.17, 15) is 0 Å². The van der Waals surface area contributed by atoms with Crippen molar-refractivity contribution in [2.45, 2.75) is 44.8 Å². The van der Waals surface area contributed by atoms with Gasteiger partial charge in [0, 0.05) is 31.4 Å². The van der Waals surface area contributed by atoms with Gasteiger partial charge in [0.2, 0.25) is 5.28 Å². The lowest BCUT2D eigenvalue weighted by molar-refractivity contribution is -0.0313. The van der Waals surface area contributed by atoms with E-state index in [1.54, 1.807) is 0 Å². The van der Waals surface area contributed by atoms with Crippen molar-refractivity contribution in [3.8, 4) is 0 Å². The van der Waals surface area contributed by atoms with Crippen molar-refractivity contribution in [1.29, 1.82) is 0 Å². The van der Waals surface area contributed by atoms with E-state index < -0.39 is 0 Å². The Hall–Kier alpha value is -0.960. The Morgan fingerprint density at radius 3 is 2.67 bits per heavy atom. The first-order valence-corrected chi connectivity index (χ1v) is 11.2. The summed E-state index contributed by atoms with van der Waals surface area (Å²) >= 11 is 9.84. The van der Waals surface area contributed by atoms with E-state index in [1.165, 1.54) is 0 Å². The molecule has 9 heteroatoms. The van der Waals surface area contributed by atoms with Crippen LogP contribution in [0.1, 0.15) is 44.2 Å². The summed E-state index contributed by atoms with van der Waals surface area (Å²) in [4.78, 5) is 16.3. The molecule has 2 fully saturated rings. The summed E-state index contributed by atoms with van der Waals surface area (Å²) in [5, 5.41) is 1.26. The molecule has 2 aliphatic heterocycles. The topological polar surface area (TPSA) is 65.3 Å². The Morgan fingerprint density at radius 2 is 1.93 bits per heavy atom. The van der Waals surface area contributed by atoms with Crippen LogP contribution in [0.4, 0.5) is 5.82 Å². The van der Waals surface area contributed by atoms with Gasteiger partial charge >= 0.3 is 0 Å². The van der Waals surface area contributed by atoms with Crippen molar-refractivity contribution in [3.05, 3.63) is 11.1 Å². The molecule has 7 nitrogen and oxygen atoms in total. The molecule has 2 aromatic heterocycles. The second kappa shape index (κ2) is 9.03. The number of nitrogens with zero attached hydrogens (tertiary/aromatic N) is 5. The molecular formula is C18H25BrClN5O2. The highest BCUT2D eigenvalue weighted by atomic mass is 79.9. The van der Waals surface area contributed by atoms with E-state index in [0.717, 1.165) is 86.4 Å². The highest BCUT2D eigenvalue weighted by Crippen LogP contribution is 2.32. The monoisotopic (exact) mass is 457 g/mol. The molecule has 1 unspecified atom stereocenters. The number of hydrogen-bond acceptors (Lipinski definition) is 6. The van der Waals surface area contributed by atoms with Crippen LogP contribution in [0.15, 0.2) is 0 Å². The van der Waals surface area contributed by atoms with E-state index in [0.29, 0.717) is 13.2 Å². The van der Waals surface area contributed by atoms with Gasteiger partial charge in [-0.05, 0) is 43.7 Å². The van der Waals surface area contributed by atoms with E-state index >= 15 is 0 Å². The van der Waals surface area contributed by atoms with Gasteiger partial charge in [0.1, 0.15) is 12.1 Å². The molecule has 0 saturated carbocycles. The third-order valence-electron chi connectivity index (χ3n) is 5.11. The molecule has 0 radical (unpaired) electrons. The zero-order chi connectivity index (χ0) is 18.6. The first-order chi connectivity index (χ1) is 13.3. The highest BCUT2D eigenvalue weighted by Gasteiger charge is 2.27. The summed E-state index contributed by atoms with van der Waals surface area (Å²) in [5.41, 5.74) is 1.61. The summed E-state index contributed by atoms with van der Waals surface area (Å²) in [6.07, 6.45) is 6.28. The van der Waals surface area contributed by atoms with Gasteiger partial charge in [-0.25, -0.2) is 4.98 Å². The minimum absolute atomic E-state index is 0.0220. The number of rotatable bonds is 6. The van der Waals surface area contributed by atoms with Crippen molar-refractivity contribution in [1.82, 2.24) is 19.5 Å². The molecule has 0 bridgehead atoms. The van der Waals surface area contributed by atoms with Crippen molar-refractivity contribution in [2.75, 3.05) is 43.1 Å². The molecule has 148 valence electrons. The maximum Gasteiger partial charge on any atom is 0.226 e. The summed E-state index contributed by atoms with van der Waals surface area (Å²) in [7, 11) is 0. The lowest BCUT2D eigenvalue weighted by Crippen LogP contribution is -2.37. The van der Waals surface area contributed by atoms with Gasteiger partial charge in [0.05, 0.1) is 13.2 Å². The van der Waals surface area contributed by atoms with Crippen LogP contribution in [0, 0.1) is 0 Å². The number of halogens is 2. The quantitative estimate of drug-likeness (QED) is 0.373. The maximum atomic E-state index is 6.32. The second-order valence-corrected chi connectivity index (χ2v) is 8.08. The number of unbranched alkanes of at least 4 members (excludes halogenated alkanes) is 1. The summed E-state index contributed by atoms with van der Waals surface area (Å²) in [6, 6.07) is 0. The molecule has 2 aromatic rings. The van der Waals surface area contributed by atoms with Gasteiger partial charge < -0.3 is 14.4 Å². The fourth-order valence-corrected chi connectivity index (χ4v) is 4.31. The normalized spacial score (nSPS) is 21.1. The second-order valence-electron chi connectivity index (χ2n) is 6.95. The van der Waals surface area contributed by atoms with E-state index in [2.05, 4.69) is 35.4 Å². The molecular weight excluding hydrogens is 434 g/mol. The van der Waals surface area contributed by atoms with Gasteiger partial charge in [0.15, 0.2) is 17.0 Å².